The first kappa shape index (κ1) is 20.1. The Balaban J connectivity index is 2.05. The molecule has 0 saturated carbocycles. The van der Waals surface area contributed by atoms with Gasteiger partial charge in [0.05, 0.1) is 5.75 Å². The van der Waals surface area contributed by atoms with Crippen LogP contribution in [-0.2, 0) is 9.59 Å². The minimum atomic E-state index is -0.122. The summed E-state index contributed by atoms with van der Waals surface area (Å²) in [5.74, 6) is 0.977. The van der Waals surface area contributed by atoms with E-state index in [-0.39, 0.29) is 11.8 Å². The Kier molecular flexibility index (Phi) is 9.42. The summed E-state index contributed by atoms with van der Waals surface area (Å²) in [6.07, 6.45) is 2.84. The van der Waals surface area contributed by atoms with Crippen molar-refractivity contribution in [3.05, 3.63) is 0 Å². The van der Waals surface area contributed by atoms with Gasteiger partial charge in [0.15, 0.2) is 5.11 Å². The Morgan fingerprint density at radius 2 is 2.09 bits per heavy atom. The predicted molar refractivity (Wildman–Crippen MR) is 102 cm³/mol. The number of hydrogen-bond donors (Lipinski definition) is 3. The van der Waals surface area contributed by atoms with Gasteiger partial charge in [0.2, 0.25) is 11.8 Å². The molecule has 0 radical (unpaired) electrons. The van der Waals surface area contributed by atoms with Gasteiger partial charge in [-0.3, -0.25) is 25.3 Å². The molecule has 9 heteroatoms. The van der Waals surface area contributed by atoms with Gasteiger partial charge in [-0.1, -0.05) is 37.8 Å². The first-order valence-electron chi connectivity index (χ1n) is 7.70. The normalized spacial score (nSPS) is 14.3. The molecule has 0 bridgehead atoms. The highest BCUT2D eigenvalue weighted by Crippen LogP contribution is 2.19. The molecule has 1 rings (SSSR count). The Bertz CT molecular complexity index is 441. The molecule has 1 heterocycles. The molecule has 0 aromatic carbocycles. The summed E-state index contributed by atoms with van der Waals surface area (Å²) in [6.45, 7) is 5.64. The van der Waals surface area contributed by atoms with E-state index in [0.717, 1.165) is 19.4 Å². The van der Waals surface area contributed by atoms with E-state index in [2.05, 4.69) is 30.0 Å². The van der Waals surface area contributed by atoms with Crippen LogP contribution in [0.4, 0.5) is 0 Å². The fourth-order valence-corrected chi connectivity index (χ4v) is 3.13. The Morgan fingerprint density at radius 1 is 1.35 bits per heavy atom. The van der Waals surface area contributed by atoms with Crippen molar-refractivity contribution < 1.29 is 9.59 Å². The van der Waals surface area contributed by atoms with Gasteiger partial charge in [0.25, 0.3) is 0 Å². The summed E-state index contributed by atoms with van der Waals surface area (Å²) >= 11 is 11.6. The van der Waals surface area contributed by atoms with Gasteiger partial charge < -0.3 is 5.32 Å². The summed E-state index contributed by atoms with van der Waals surface area (Å²) in [7, 11) is 0. The van der Waals surface area contributed by atoms with Crippen LogP contribution in [0.3, 0.4) is 0 Å². The quantitative estimate of drug-likeness (QED) is 0.337. The number of nitrogens with one attached hydrogen (secondary N) is 3. The molecular weight excluding hydrogens is 352 g/mol. The van der Waals surface area contributed by atoms with E-state index in [9.17, 15) is 9.59 Å². The Morgan fingerprint density at radius 3 is 2.70 bits per heavy atom. The van der Waals surface area contributed by atoms with Crippen molar-refractivity contribution in [2.75, 3.05) is 18.8 Å². The van der Waals surface area contributed by atoms with E-state index >= 15 is 0 Å². The minimum absolute atomic E-state index is 0.0592. The standard InChI is InChI=1S/C14H24N4O2S3/c1-10(2)6-7-15-13(21)17-16-11(19)5-3-4-8-18-12(20)9-23-14(18)22/h10H,3-9H2,1-2H3,(H,16,19)(H2,15,17,21). The summed E-state index contributed by atoms with van der Waals surface area (Å²) in [6, 6.07) is 0. The van der Waals surface area contributed by atoms with Crippen molar-refractivity contribution >= 4 is 57.4 Å². The summed E-state index contributed by atoms with van der Waals surface area (Å²) in [4.78, 5) is 24.8. The Hall–Kier alpha value is -0.930. The van der Waals surface area contributed by atoms with Gasteiger partial charge in [0, 0.05) is 19.5 Å². The van der Waals surface area contributed by atoms with Crippen molar-refractivity contribution in [1.82, 2.24) is 21.1 Å². The highest BCUT2D eigenvalue weighted by atomic mass is 32.2. The maximum atomic E-state index is 11.7. The fourth-order valence-electron chi connectivity index (χ4n) is 1.86. The van der Waals surface area contributed by atoms with Crippen LogP contribution in [0.15, 0.2) is 0 Å². The second kappa shape index (κ2) is 10.8. The molecule has 0 spiro atoms. The monoisotopic (exact) mass is 376 g/mol. The van der Waals surface area contributed by atoms with Crippen LogP contribution < -0.4 is 16.2 Å². The maximum Gasteiger partial charge on any atom is 0.238 e. The third-order valence-electron chi connectivity index (χ3n) is 3.20. The van der Waals surface area contributed by atoms with E-state index < -0.39 is 0 Å². The van der Waals surface area contributed by atoms with E-state index in [0.29, 0.717) is 40.5 Å². The molecule has 2 amide bonds. The number of rotatable bonds is 8. The topological polar surface area (TPSA) is 73.5 Å². The summed E-state index contributed by atoms with van der Waals surface area (Å²) in [5, 5.41) is 3.45. The predicted octanol–water partition coefficient (Wildman–Crippen LogP) is 1.56. The van der Waals surface area contributed by atoms with Crippen molar-refractivity contribution in [3.63, 3.8) is 0 Å². The van der Waals surface area contributed by atoms with Gasteiger partial charge >= 0.3 is 0 Å². The lowest BCUT2D eigenvalue weighted by atomic mass is 10.1. The maximum absolute atomic E-state index is 11.7. The molecule has 1 aliphatic heterocycles. The van der Waals surface area contributed by atoms with Crippen molar-refractivity contribution in [1.29, 1.82) is 0 Å². The molecule has 1 fully saturated rings. The zero-order chi connectivity index (χ0) is 17.2. The van der Waals surface area contributed by atoms with Crippen molar-refractivity contribution in [2.45, 2.75) is 39.5 Å². The van der Waals surface area contributed by atoms with E-state index in [1.54, 1.807) is 4.90 Å². The lowest BCUT2D eigenvalue weighted by Crippen LogP contribution is -2.47. The molecule has 1 aliphatic rings. The van der Waals surface area contributed by atoms with Crippen molar-refractivity contribution in [2.24, 2.45) is 5.92 Å². The molecule has 0 aromatic heterocycles. The first-order valence-corrected chi connectivity index (χ1v) is 9.50. The number of carbonyl (C=O) groups is 2. The molecule has 130 valence electrons. The lowest BCUT2D eigenvalue weighted by Gasteiger charge is -2.14. The summed E-state index contributed by atoms with van der Waals surface area (Å²) < 4.78 is 0.638. The van der Waals surface area contributed by atoms with Crippen LogP contribution in [0.1, 0.15) is 39.5 Å². The average Bonchev–Trinajstić information content (AvgIpc) is 2.80. The van der Waals surface area contributed by atoms with E-state index in [4.69, 9.17) is 24.4 Å². The third-order valence-corrected chi connectivity index (χ3v) is 4.88. The first-order chi connectivity index (χ1) is 10.9. The smallest absolute Gasteiger partial charge is 0.238 e. The molecule has 1 saturated heterocycles. The van der Waals surface area contributed by atoms with E-state index in [1.165, 1.54) is 11.8 Å². The van der Waals surface area contributed by atoms with Crippen LogP contribution in [-0.4, -0.2) is 45.0 Å². The van der Waals surface area contributed by atoms with Crippen LogP contribution >= 0.6 is 36.2 Å². The lowest BCUT2D eigenvalue weighted by molar-refractivity contribution is -0.124. The second-order valence-electron chi connectivity index (χ2n) is 5.67. The van der Waals surface area contributed by atoms with Gasteiger partial charge in [-0.2, -0.15) is 0 Å². The van der Waals surface area contributed by atoms with Crippen LogP contribution in [0.5, 0.6) is 0 Å². The number of hydrogen-bond acceptors (Lipinski definition) is 5. The molecule has 23 heavy (non-hydrogen) atoms. The fraction of sp³-hybridized carbons (Fsp3) is 0.714. The summed E-state index contributed by atoms with van der Waals surface area (Å²) in [5.41, 5.74) is 5.25. The third kappa shape index (κ3) is 8.47. The SMILES string of the molecule is CC(C)CCNC(=S)NNC(=O)CCCCN1C(=O)CSC1=S. The molecule has 0 aliphatic carbocycles. The van der Waals surface area contributed by atoms with Crippen LogP contribution in [0.25, 0.3) is 0 Å². The van der Waals surface area contributed by atoms with E-state index in [1.807, 2.05) is 0 Å². The highest BCUT2D eigenvalue weighted by Gasteiger charge is 2.25. The highest BCUT2D eigenvalue weighted by molar-refractivity contribution is 8.23. The minimum Gasteiger partial charge on any atom is -0.361 e. The molecule has 6 nitrogen and oxygen atoms in total. The average molecular weight is 377 g/mol. The van der Waals surface area contributed by atoms with Gasteiger partial charge in [-0.15, -0.1) is 0 Å². The molecular formula is C14H24N4O2S3. The second-order valence-corrected chi connectivity index (χ2v) is 7.69. The molecule has 0 atom stereocenters. The van der Waals surface area contributed by atoms with Gasteiger partial charge in [0.1, 0.15) is 4.32 Å². The zero-order valence-corrected chi connectivity index (χ0v) is 16.0. The molecule has 0 aromatic rings. The number of hydrazine groups is 1. The number of nitrogens with zero attached hydrogens (tertiary/aromatic N) is 1. The van der Waals surface area contributed by atoms with Crippen LogP contribution in [0, 0.1) is 5.92 Å². The number of amides is 2. The number of unbranched alkanes of at least 4 members (excludes halogenated alkanes) is 1. The molecule has 0 unspecified atom stereocenters. The van der Waals surface area contributed by atoms with Crippen molar-refractivity contribution in [3.8, 4) is 0 Å². The van der Waals surface area contributed by atoms with Crippen LogP contribution in [0.2, 0.25) is 0 Å². The Labute approximate surface area is 152 Å². The largest absolute Gasteiger partial charge is 0.361 e. The zero-order valence-electron chi connectivity index (χ0n) is 13.5. The van der Waals surface area contributed by atoms with Gasteiger partial charge in [-0.05, 0) is 37.4 Å². The number of thioether (sulfide) groups is 1. The molecule has 3 N–H and O–H groups in total. The van der Waals surface area contributed by atoms with Gasteiger partial charge in [-0.25, -0.2) is 0 Å². The number of thiocarbonyl (C=S) groups is 2. The number of carbonyl (C=O) groups excluding carboxylic acids is 2.